The topological polar surface area (TPSA) is 64.5 Å². The van der Waals surface area contributed by atoms with E-state index >= 15 is 0 Å². The summed E-state index contributed by atoms with van der Waals surface area (Å²) in [6.07, 6.45) is 7.52. The fourth-order valence-corrected chi connectivity index (χ4v) is 8.50. The van der Waals surface area contributed by atoms with Crippen molar-refractivity contribution < 1.29 is 0 Å². The Morgan fingerprint density at radius 2 is 0.781 bits per heavy atom. The van der Waals surface area contributed by atoms with Gasteiger partial charge in [-0.15, -0.1) is 0 Å². The summed E-state index contributed by atoms with van der Waals surface area (Å²) in [7, 11) is 0. The van der Waals surface area contributed by atoms with Gasteiger partial charge in [-0.1, -0.05) is 84.9 Å². The number of hydrogen-bond acceptors (Lipinski definition) is 8. The van der Waals surface area contributed by atoms with Crippen molar-refractivity contribution in [2.45, 2.75) is 41.5 Å². The summed E-state index contributed by atoms with van der Waals surface area (Å²) in [5.74, 6) is 3.23. The summed E-state index contributed by atoms with van der Waals surface area (Å²) in [5.41, 5.74) is 14.3. The lowest BCUT2D eigenvalue weighted by Gasteiger charge is -2.34. The summed E-state index contributed by atoms with van der Waals surface area (Å²) in [6.45, 7) is 12.8. The Kier molecular flexibility index (Phi) is 11.7. The van der Waals surface area contributed by atoms with E-state index in [1.165, 1.54) is 0 Å². The molecule has 4 aromatic heterocycles. The largest absolute Gasteiger partial charge is 0.310 e. The molecule has 0 fully saturated rings. The third-order valence-corrected chi connectivity index (χ3v) is 11.6. The summed E-state index contributed by atoms with van der Waals surface area (Å²) < 4.78 is 0. The molecule has 0 spiro atoms. The second kappa shape index (κ2) is 18.1. The first-order chi connectivity index (χ1) is 31.3. The van der Waals surface area contributed by atoms with Crippen LogP contribution in [-0.4, -0.2) is 19.9 Å². The minimum absolute atomic E-state index is 0.774. The van der Waals surface area contributed by atoms with Crippen molar-refractivity contribution in [1.82, 2.24) is 19.9 Å². The van der Waals surface area contributed by atoms with Gasteiger partial charge in [0.05, 0.1) is 22.7 Å². The molecule has 64 heavy (non-hydrogen) atoms. The van der Waals surface area contributed by atoms with Crippen molar-refractivity contribution in [3.8, 4) is 0 Å². The predicted molar refractivity (Wildman–Crippen MR) is 265 cm³/mol. The summed E-state index contributed by atoms with van der Waals surface area (Å²) in [5, 5.41) is 0. The Hall–Kier alpha value is -8.10. The molecular formula is C56H50N8. The maximum Gasteiger partial charge on any atom is 0.144 e. The van der Waals surface area contributed by atoms with Gasteiger partial charge < -0.3 is 4.90 Å². The Morgan fingerprint density at radius 3 is 1.33 bits per heavy atom. The molecule has 0 saturated carbocycles. The minimum atomic E-state index is 0.774. The van der Waals surface area contributed by atoms with Crippen LogP contribution < -0.4 is 19.6 Å². The molecule has 314 valence electrons. The zero-order chi connectivity index (χ0) is 44.2. The molecular weight excluding hydrogens is 785 g/mol. The van der Waals surface area contributed by atoms with Crippen LogP contribution in [0, 0.1) is 41.5 Å². The average Bonchev–Trinajstić information content (AvgIpc) is 3.32. The first kappa shape index (κ1) is 41.3. The average molecular weight is 835 g/mol. The van der Waals surface area contributed by atoms with Crippen LogP contribution in [0.15, 0.2) is 195 Å². The second-order valence-electron chi connectivity index (χ2n) is 16.0. The number of anilines is 12. The molecule has 0 amide bonds. The number of benzene rings is 5. The van der Waals surface area contributed by atoms with Gasteiger partial charge >= 0.3 is 0 Å². The lowest BCUT2D eigenvalue weighted by Crippen LogP contribution is -2.21. The van der Waals surface area contributed by atoms with Crippen molar-refractivity contribution in [2.75, 3.05) is 19.6 Å². The molecule has 0 aliphatic carbocycles. The minimum Gasteiger partial charge on any atom is -0.310 e. The molecule has 5 aromatic carbocycles. The summed E-state index contributed by atoms with van der Waals surface area (Å²) in [4.78, 5) is 29.3. The molecule has 0 atom stereocenters. The van der Waals surface area contributed by atoms with Crippen molar-refractivity contribution in [2.24, 2.45) is 0 Å². The molecule has 0 aliphatic heterocycles. The van der Waals surface area contributed by atoms with Crippen molar-refractivity contribution >= 4 is 68.8 Å². The molecule has 9 rings (SSSR count). The predicted octanol–water partition coefficient (Wildman–Crippen LogP) is 15.0. The molecule has 0 N–H and O–H groups in total. The zero-order valence-electron chi connectivity index (χ0n) is 37.1. The van der Waals surface area contributed by atoms with Crippen LogP contribution in [0.3, 0.4) is 0 Å². The van der Waals surface area contributed by atoms with Gasteiger partial charge in [-0.05, 0) is 154 Å². The standard InChI is InChI=1S/C56H50N8/c1-39-21-20-34-58-53(39)62(46-24-13-8-14-25-46)50-30-19-31-51(43(50)5)63(47-26-15-9-16-27-47)54-40(2)37-41(3)55(60-54)64(48-28-17-10-18-29-48)56-44(6)52(33-36-59-56)61(45-22-11-7-12-23-45)49-32-35-57-38-42(49)4/h7-38H,1-6H3. The summed E-state index contributed by atoms with van der Waals surface area (Å²) >= 11 is 0. The zero-order valence-corrected chi connectivity index (χ0v) is 37.1. The maximum atomic E-state index is 5.73. The van der Waals surface area contributed by atoms with Crippen molar-refractivity contribution in [3.05, 3.63) is 228 Å². The number of hydrogen-bond donors (Lipinski definition) is 0. The fourth-order valence-electron chi connectivity index (χ4n) is 8.50. The number of para-hydroxylation sites is 4. The van der Waals surface area contributed by atoms with Crippen LogP contribution in [0.25, 0.3) is 0 Å². The number of nitrogens with zero attached hydrogens (tertiary/aromatic N) is 8. The van der Waals surface area contributed by atoms with Crippen LogP contribution in [0.4, 0.5) is 68.8 Å². The molecule has 0 bridgehead atoms. The van der Waals surface area contributed by atoms with Gasteiger partial charge in [-0.25, -0.2) is 15.0 Å². The van der Waals surface area contributed by atoms with Gasteiger partial charge in [0.1, 0.15) is 23.3 Å². The van der Waals surface area contributed by atoms with Gasteiger partial charge in [0, 0.05) is 53.1 Å². The van der Waals surface area contributed by atoms with E-state index in [-0.39, 0.29) is 0 Å². The van der Waals surface area contributed by atoms with Gasteiger partial charge in [0.15, 0.2) is 0 Å². The van der Waals surface area contributed by atoms with Crippen LogP contribution >= 0.6 is 0 Å². The highest BCUT2D eigenvalue weighted by Gasteiger charge is 2.28. The maximum absolute atomic E-state index is 5.73. The number of aromatic nitrogens is 4. The quantitative estimate of drug-likeness (QED) is 0.121. The monoisotopic (exact) mass is 834 g/mol. The van der Waals surface area contributed by atoms with E-state index in [2.05, 4.69) is 212 Å². The van der Waals surface area contributed by atoms with E-state index in [0.29, 0.717) is 0 Å². The number of rotatable bonds is 12. The molecule has 0 unspecified atom stereocenters. The third-order valence-electron chi connectivity index (χ3n) is 11.6. The Labute approximate surface area is 376 Å². The summed E-state index contributed by atoms with van der Waals surface area (Å²) in [6, 6.07) is 58.8. The smallest absolute Gasteiger partial charge is 0.144 e. The molecule has 0 saturated heterocycles. The lowest BCUT2D eigenvalue weighted by molar-refractivity contribution is 1.05. The van der Waals surface area contributed by atoms with E-state index in [0.717, 1.165) is 102 Å². The molecule has 4 heterocycles. The Balaban J connectivity index is 1.25. The van der Waals surface area contributed by atoms with Crippen LogP contribution in [0.5, 0.6) is 0 Å². The van der Waals surface area contributed by atoms with Gasteiger partial charge in [-0.2, -0.15) is 0 Å². The number of pyridine rings is 4. The van der Waals surface area contributed by atoms with E-state index < -0.39 is 0 Å². The van der Waals surface area contributed by atoms with Gasteiger partial charge in [-0.3, -0.25) is 19.7 Å². The molecule has 0 aliphatic rings. The van der Waals surface area contributed by atoms with E-state index in [4.69, 9.17) is 15.0 Å². The van der Waals surface area contributed by atoms with Gasteiger partial charge in [0.25, 0.3) is 0 Å². The highest BCUT2D eigenvalue weighted by atomic mass is 15.3. The molecule has 8 nitrogen and oxygen atoms in total. The third kappa shape index (κ3) is 7.93. The Morgan fingerprint density at radius 1 is 0.312 bits per heavy atom. The first-order valence-corrected chi connectivity index (χ1v) is 21.6. The normalized spacial score (nSPS) is 11.0. The molecule has 9 aromatic rings. The van der Waals surface area contributed by atoms with Crippen molar-refractivity contribution in [1.29, 1.82) is 0 Å². The van der Waals surface area contributed by atoms with Crippen LogP contribution in [-0.2, 0) is 0 Å². The van der Waals surface area contributed by atoms with E-state index in [1.54, 1.807) is 0 Å². The lowest BCUT2D eigenvalue weighted by atomic mass is 10.1. The highest BCUT2D eigenvalue weighted by Crippen LogP contribution is 2.47. The fraction of sp³-hybridized carbons (Fsp3) is 0.107. The van der Waals surface area contributed by atoms with E-state index in [1.807, 2.05) is 49.1 Å². The molecule has 0 radical (unpaired) electrons. The van der Waals surface area contributed by atoms with Gasteiger partial charge in [0.2, 0.25) is 0 Å². The SMILES string of the molecule is Cc1cnccc1N(c1ccccc1)c1ccnc(N(c2ccccc2)c2nc(N(c3ccccc3)c3cccc(N(c4ccccc4)c4ncccc4C)c3C)c(C)cc2C)c1C. The number of aryl methyl sites for hydroxylation is 4. The Bertz CT molecular complexity index is 2830. The second-order valence-corrected chi connectivity index (χ2v) is 16.0. The molecule has 8 heteroatoms. The first-order valence-electron chi connectivity index (χ1n) is 21.6. The van der Waals surface area contributed by atoms with Crippen molar-refractivity contribution in [3.63, 3.8) is 0 Å². The van der Waals surface area contributed by atoms with Crippen LogP contribution in [0.2, 0.25) is 0 Å². The van der Waals surface area contributed by atoms with Crippen LogP contribution in [0.1, 0.15) is 33.4 Å². The highest BCUT2D eigenvalue weighted by molar-refractivity contribution is 5.89. The van der Waals surface area contributed by atoms with E-state index in [9.17, 15) is 0 Å².